The van der Waals surface area contributed by atoms with E-state index in [0.717, 1.165) is 5.56 Å². The van der Waals surface area contributed by atoms with Crippen molar-refractivity contribution >= 4 is 11.6 Å². The van der Waals surface area contributed by atoms with E-state index < -0.39 is 5.41 Å². The normalized spacial score (nSPS) is 13.5. The second-order valence-corrected chi connectivity index (χ2v) is 6.73. The molecule has 0 aliphatic heterocycles. The summed E-state index contributed by atoms with van der Waals surface area (Å²) in [5.74, 6) is 0.528. The van der Waals surface area contributed by atoms with Crippen LogP contribution >= 0.6 is 0 Å². The fraction of sp³-hybridized carbons (Fsp3) is 0.588. The maximum atomic E-state index is 12.5. The van der Waals surface area contributed by atoms with Crippen LogP contribution in [-0.2, 0) is 10.2 Å². The van der Waals surface area contributed by atoms with Gasteiger partial charge in [-0.15, -0.1) is 0 Å². The number of nitrogen functional groups attached to an aromatic ring is 1. The first kappa shape index (κ1) is 17.5. The predicted octanol–water partition coefficient (Wildman–Crippen LogP) is 2.25. The number of nitrogens with two attached hydrogens (primary N) is 1. The predicted molar refractivity (Wildman–Crippen MR) is 89.2 cm³/mol. The molecule has 0 aliphatic rings. The Kier molecular flexibility index (Phi) is 5.78. The fourth-order valence-corrected chi connectivity index (χ4v) is 2.46. The van der Waals surface area contributed by atoms with Crippen molar-refractivity contribution in [1.82, 2.24) is 10.2 Å². The molecule has 118 valence electrons. The third kappa shape index (κ3) is 4.46. The van der Waals surface area contributed by atoms with Crippen LogP contribution < -0.4 is 11.1 Å². The second-order valence-electron chi connectivity index (χ2n) is 6.73. The van der Waals surface area contributed by atoms with Gasteiger partial charge in [-0.1, -0.05) is 26.0 Å². The summed E-state index contributed by atoms with van der Waals surface area (Å²) in [4.78, 5) is 14.7. The summed E-state index contributed by atoms with van der Waals surface area (Å²) in [5.41, 5.74) is 6.82. The third-order valence-electron chi connectivity index (χ3n) is 4.10. The van der Waals surface area contributed by atoms with E-state index in [4.69, 9.17) is 5.73 Å². The summed E-state index contributed by atoms with van der Waals surface area (Å²) in [7, 11) is 4.09. The van der Waals surface area contributed by atoms with Crippen LogP contribution in [0.1, 0.15) is 33.3 Å². The standard InChI is InChI=1S/C17H29N3O/c1-12(2)15(20(5)6)11-19-16(21)17(3,4)13-7-9-14(18)10-8-13/h7-10,12,15H,11,18H2,1-6H3,(H,19,21). The lowest BCUT2D eigenvalue weighted by atomic mass is 9.83. The molecule has 4 heteroatoms. The van der Waals surface area contributed by atoms with Crippen LogP contribution in [0.3, 0.4) is 0 Å². The highest BCUT2D eigenvalue weighted by atomic mass is 16.2. The fourth-order valence-electron chi connectivity index (χ4n) is 2.46. The Bertz CT molecular complexity index is 455. The highest BCUT2D eigenvalue weighted by Gasteiger charge is 2.30. The molecule has 0 radical (unpaired) electrons. The van der Waals surface area contributed by atoms with Gasteiger partial charge in [0.15, 0.2) is 0 Å². The van der Waals surface area contributed by atoms with Crippen LogP contribution in [0.4, 0.5) is 5.69 Å². The number of nitrogens with zero attached hydrogens (tertiary/aromatic N) is 1. The minimum atomic E-state index is -0.568. The van der Waals surface area contributed by atoms with Crippen LogP contribution in [0, 0.1) is 5.92 Å². The molecule has 0 saturated carbocycles. The molecule has 1 rings (SSSR count). The van der Waals surface area contributed by atoms with Gasteiger partial charge in [0, 0.05) is 18.3 Å². The first-order valence-electron chi connectivity index (χ1n) is 7.47. The van der Waals surface area contributed by atoms with Crippen molar-refractivity contribution in [2.24, 2.45) is 5.92 Å². The first-order valence-corrected chi connectivity index (χ1v) is 7.47. The minimum absolute atomic E-state index is 0.0415. The molecule has 1 unspecified atom stereocenters. The van der Waals surface area contributed by atoms with Gasteiger partial charge in [0.2, 0.25) is 5.91 Å². The van der Waals surface area contributed by atoms with Gasteiger partial charge >= 0.3 is 0 Å². The van der Waals surface area contributed by atoms with E-state index in [2.05, 4.69) is 24.1 Å². The Balaban J connectivity index is 2.75. The van der Waals surface area contributed by atoms with E-state index in [-0.39, 0.29) is 5.91 Å². The van der Waals surface area contributed by atoms with Crippen LogP contribution in [0.25, 0.3) is 0 Å². The number of anilines is 1. The molecule has 3 N–H and O–H groups in total. The summed E-state index contributed by atoms with van der Waals surface area (Å²) in [6, 6.07) is 7.83. The average molecular weight is 291 g/mol. The number of likely N-dealkylation sites (N-methyl/N-ethyl adjacent to an activating group) is 1. The van der Waals surface area contributed by atoms with Crippen molar-refractivity contribution in [2.75, 3.05) is 26.4 Å². The highest BCUT2D eigenvalue weighted by molar-refractivity contribution is 5.87. The van der Waals surface area contributed by atoms with Gasteiger partial charge in [0.05, 0.1) is 5.41 Å². The van der Waals surface area contributed by atoms with Crippen molar-refractivity contribution < 1.29 is 4.79 Å². The molecule has 1 amide bonds. The Labute approximate surface area is 128 Å². The molecular formula is C17H29N3O. The number of carbonyl (C=O) groups is 1. The summed E-state index contributed by atoms with van der Waals surface area (Å²) < 4.78 is 0. The Morgan fingerprint density at radius 2 is 1.76 bits per heavy atom. The number of benzene rings is 1. The topological polar surface area (TPSA) is 58.4 Å². The first-order chi connectivity index (χ1) is 9.66. The lowest BCUT2D eigenvalue weighted by Gasteiger charge is -2.30. The van der Waals surface area contributed by atoms with E-state index in [1.165, 1.54) is 0 Å². The van der Waals surface area contributed by atoms with Gasteiger partial charge in [-0.25, -0.2) is 0 Å². The molecule has 0 heterocycles. The van der Waals surface area contributed by atoms with Crippen LogP contribution in [0.15, 0.2) is 24.3 Å². The average Bonchev–Trinajstić information content (AvgIpc) is 2.38. The molecule has 0 saturated heterocycles. The Hall–Kier alpha value is -1.55. The lowest BCUT2D eigenvalue weighted by molar-refractivity contribution is -0.125. The van der Waals surface area contributed by atoms with Gasteiger partial charge in [-0.05, 0) is 51.6 Å². The van der Waals surface area contributed by atoms with Gasteiger partial charge < -0.3 is 16.0 Å². The number of nitrogens with one attached hydrogen (secondary N) is 1. The summed E-state index contributed by atoms with van der Waals surface area (Å²) in [6.07, 6.45) is 0. The number of amides is 1. The van der Waals surface area contributed by atoms with E-state index in [1.807, 2.05) is 52.2 Å². The minimum Gasteiger partial charge on any atom is -0.399 e. The molecule has 21 heavy (non-hydrogen) atoms. The summed E-state index contributed by atoms with van der Waals surface area (Å²) in [6.45, 7) is 8.87. The summed E-state index contributed by atoms with van der Waals surface area (Å²) in [5, 5.41) is 3.09. The van der Waals surface area contributed by atoms with Crippen LogP contribution in [0.2, 0.25) is 0 Å². The number of carbonyl (C=O) groups excluding carboxylic acids is 1. The van der Waals surface area contributed by atoms with E-state index in [9.17, 15) is 4.79 Å². The van der Waals surface area contributed by atoms with Crippen molar-refractivity contribution in [3.05, 3.63) is 29.8 Å². The zero-order valence-electron chi connectivity index (χ0n) is 14.1. The van der Waals surface area contributed by atoms with Gasteiger partial charge in [0.1, 0.15) is 0 Å². The van der Waals surface area contributed by atoms with Gasteiger partial charge in [0.25, 0.3) is 0 Å². The zero-order valence-corrected chi connectivity index (χ0v) is 14.1. The molecule has 0 fully saturated rings. The van der Waals surface area contributed by atoms with Crippen molar-refractivity contribution in [1.29, 1.82) is 0 Å². The number of hydrogen-bond donors (Lipinski definition) is 2. The van der Waals surface area contributed by atoms with Crippen LogP contribution in [-0.4, -0.2) is 37.5 Å². The monoisotopic (exact) mass is 291 g/mol. The molecule has 1 atom stereocenters. The second kappa shape index (κ2) is 6.94. The maximum Gasteiger partial charge on any atom is 0.230 e. The third-order valence-corrected chi connectivity index (χ3v) is 4.10. The maximum absolute atomic E-state index is 12.5. The number of rotatable bonds is 6. The molecule has 0 spiro atoms. The Morgan fingerprint density at radius 1 is 1.24 bits per heavy atom. The molecule has 0 aromatic heterocycles. The number of hydrogen-bond acceptors (Lipinski definition) is 3. The zero-order chi connectivity index (χ0) is 16.2. The summed E-state index contributed by atoms with van der Waals surface area (Å²) >= 11 is 0. The van der Waals surface area contributed by atoms with E-state index in [1.54, 1.807) is 0 Å². The molecule has 0 bridgehead atoms. The van der Waals surface area contributed by atoms with Crippen molar-refractivity contribution in [3.63, 3.8) is 0 Å². The largest absolute Gasteiger partial charge is 0.399 e. The van der Waals surface area contributed by atoms with Crippen molar-refractivity contribution in [3.8, 4) is 0 Å². The quantitative estimate of drug-likeness (QED) is 0.790. The Morgan fingerprint density at radius 3 is 2.19 bits per heavy atom. The molecule has 4 nitrogen and oxygen atoms in total. The van der Waals surface area contributed by atoms with Crippen LogP contribution in [0.5, 0.6) is 0 Å². The smallest absolute Gasteiger partial charge is 0.230 e. The highest BCUT2D eigenvalue weighted by Crippen LogP contribution is 2.24. The van der Waals surface area contributed by atoms with Crippen molar-refractivity contribution in [2.45, 2.75) is 39.2 Å². The molecule has 1 aromatic rings. The van der Waals surface area contributed by atoms with Gasteiger partial charge in [-0.2, -0.15) is 0 Å². The molecule has 1 aromatic carbocycles. The molecule has 0 aliphatic carbocycles. The SMILES string of the molecule is CC(C)C(CNC(=O)C(C)(C)c1ccc(N)cc1)N(C)C. The van der Waals surface area contributed by atoms with E-state index in [0.29, 0.717) is 24.2 Å². The van der Waals surface area contributed by atoms with Gasteiger partial charge in [-0.3, -0.25) is 4.79 Å². The lowest BCUT2D eigenvalue weighted by Crippen LogP contribution is -2.48. The molecular weight excluding hydrogens is 262 g/mol. The van der Waals surface area contributed by atoms with E-state index >= 15 is 0 Å².